The van der Waals surface area contributed by atoms with Gasteiger partial charge in [0, 0.05) is 19.5 Å². The van der Waals surface area contributed by atoms with Gasteiger partial charge < -0.3 is 19.8 Å². The van der Waals surface area contributed by atoms with E-state index in [-0.39, 0.29) is 18.6 Å². The third-order valence-corrected chi connectivity index (χ3v) is 5.09. The van der Waals surface area contributed by atoms with E-state index < -0.39 is 34.8 Å². The molecule has 1 amide bonds. The number of hydrogen-bond donors (Lipinski definition) is 2. The van der Waals surface area contributed by atoms with Crippen LogP contribution in [-0.2, 0) is 4.74 Å². The van der Waals surface area contributed by atoms with Gasteiger partial charge in [-0.25, -0.2) is 8.78 Å². The van der Waals surface area contributed by atoms with Gasteiger partial charge in [-0.05, 0) is 31.9 Å². The van der Waals surface area contributed by atoms with Gasteiger partial charge in [-0.3, -0.25) is 4.79 Å². The molecule has 24 heavy (non-hydrogen) atoms. The molecule has 0 aromatic heterocycles. The standard InChI is InChI=1S/C17H21F2NO4/c1-16(23)10-17(24-9-13(16)21)5-7-20(8-6-17)15(22)11-3-2-4-12(18)14(11)19/h2-4,13,21,23H,5-10H2,1H3/t13-,16-/m0/s1. The molecule has 1 aromatic rings. The fourth-order valence-corrected chi connectivity index (χ4v) is 3.53. The van der Waals surface area contributed by atoms with Crippen LogP contribution in [0, 0.1) is 11.6 Å². The number of piperidine rings is 1. The molecule has 2 N–H and O–H groups in total. The monoisotopic (exact) mass is 341 g/mol. The first-order valence-electron chi connectivity index (χ1n) is 8.02. The summed E-state index contributed by atoms with van der Waals surface area (Å²) in [6, 6.07) is 3.55. The lowest BCUT2D eigenvalue weighted by Crippen LogP contribution is -2.59. The Hall–Kier alpha value is -1.57. The number of carbonyl (C=O) groups excluding carboxylic acids is 1. The predicted octanol–water partition coefficient (Wildman–Crippen LogP) is 1.47. The number of hydrogen-bond acceptors (Lipinski definition) is 4. The Balaban J connectivity index is 1.69. The van der Waals surface area contributed by atoms with E-state index in [0.717, 1.165) is 6.07 Å². The minimum atomic E-state index is -1.24. The van der Waals surface area contributed by atoms with Gasteiger partial charge in [0.15, 0.2) is 11.6 Å². The topological polar surface area (TPSA) is 70.0 Å². The number of amides is 1. The summed E-state index contributed by atoms with van der Waals surface area (Å²) in [5.74, 6) is -2.73. The average Bonchev–Trinajstić information content (AvgIpc) is 2.54. The maximum atomic E-state index is 13.8. The zero-order chi connectivity index (χ0) is 17.5. The van der Waals surface area contributed by atoms with Crippen LogP contribution in [-0.4, -0.2) is 58.0 Å². The van der Waals surface area contributed by atoms with Gasteiger partial charge in [0.05, 0.1) is 23.4 Å². The van der Waals surface area contributed by atoms with Crippen molar-refractivity contribution in [2.45, 2.75) is 43.5 Å². The number of rotatable bonds is 1. The molecular weight excluding hydrogens is 320 g/mol. The predicted molar refractivity (Wildman–Crippen MR) is 81.4 cm³/mol. The summed E-state index contributed by atoms with van der Waals surface area (Å²) < 4.78 is 32.8. The zero-order valence-electron chi connectivity index (χ0n) is 13.5. The van der Waals surface area contributed by atoms with E-state index in [1.54, 1.807) is 6.92 Å². The Kier molecular flexibility index (Phi) is 4.36. The molecule has 3 rings (SSSR count). The second-order valence-electron chi connectivity index (χ2n) is 6.94. The van der Waals surface area contributed by atoms with E-state index in [9.17, 15) is 23.8 Å². The Morgan fingerprint density at radius 1 is 1.33 bits per heavy atom. The van der Waals surface area contributed by atoms with E-state index in [2.05, 4.69) is 0 Å². The molecule has 2 saturated heterocycles. The van der Waals surface area contributed by atoms with Crippen molar-refractivity contribution in [2.24, 2.45) is 0 Å². The third-order valence-electron chi connectivity index (χ3n) is 5.09. The van der Waals surface area contributed by atoms with Crippen LogP contribution in [0.5, 0.6) is 0 Å². The lowest BCUT2D eigenvalue weighted by molar-refractivity contribution is -0.221. The second-order valence-corrected chi connectivity index (χ2v) is 6.94. The van der Waals surface area contributed by atoms with Crippen molar-refractivity contribution < 1.29 is 28.5 Å². The van der Waals surface area contributed by atoms with E-state index in [1.165, 1.54) is 17.0 Å². The number of benzene rings is 1. The van der Waals surface area contributed by atoms with Crippen molar-refractivity contribution in [1.82, 2.24) is 4.90 Å². The van der Waals surface area contributed by atoms with Crippen molar-refractivity contribution >= 4 is 5.91 Å². The Labute approximate surface area is 138 Å². The molecule has 5 nitrogen and oxygen atoms in total. The first-order chi connectivity index (χ1) is 11.2. The van der Waals surface area contributed by atoms with Crippen molar-refractivity contribution in [3.63, 3.8) is 0 Å². The molecule has 2 atom stereocenters. The zero-order valence-corrected chi connectivity index (χ0v) is 13.5. The highest BCUT2D eigenvalue weighted by atomic mass is 19.2. The van der Waals surface area contributed by atoms with Crippen LogP contribution < -0.4 is 0 Å². The number of aliphatic hydroxyl groups excluding tert-OH is 1. The van der Waals surface area contributed by atoms with Crippen LogP contribution >= 0.6 is 0 Å². The van der Waals surface area contributed by atoms with Crippen molar-refractivity contribution in [1.29, 1.82) is 0 Å². The molecule has 2 aliphatic heterocycles. The number of ether oxygens (including phenoxy) is 1. The number of aliphatic hydroxyl groups is 2. The summed E-state index contributed by atoms with van der Waals surface area (Å²) in [4.78, 5) is 13.9. The first-order valence-corrected chi connectivity index (χ1v) is 8.02. The largest absolute Gasteiger partial charge is 0.388 e. The Morgan fingerprint density at radius 2 is 2.00 bits per heavy atom. The summed E-state index contributed by atoms with van der Waals surface area (Å²) in [6.07, 6.45) is 0.276. The molecule has 1 spiro atoms. The minimum Gasteiger partial charge on any atom is -0.388 e. The molecule has 2 fully saturated rings. The summed E-state index contributed by atoms with van der Waals surface area (Å²) in [6.45, 7) is 2.25. The molecule has 0 unspecified atom stereocenters. The highest BCUT2D eigenvalue weighted by Crippen LogP contribution is 2.39. The lowest BCUT2D eigenvalue weighted by atomic mass is 9.76. The first kappa shape index (κ1) is 17.3. The minimum absolute atomic E-state index is 0.0411. The van der Waals surface area contributed by atoms with Gasteiger partial charge in [-0.1, -0.05) is 6.07 Å². The van der Waals surface area contributed by atoms with Crippen LogP contribution in [0.2, 0.25) is 0 Å². The third kappa shape index (κ3) is 3.03. The van der Waals surface area contributed by atoms with Crippen molar-refractivity contribution in [3.05, 3.63) is 35.4 Å². The SMILES string of the molecule is C[C@]1(O)CC2(CCN(C(=O)c3cccc(F)c3F)CC2)OC[C@@H]1O. The summed E-state index contributed by atoms with van der Waals surface area (Å²) in [7, 11) is 0. The van der Waals surface area contributed by atoms with Gasteiger partial charge in [0.25, 0.3) is 5.91 Å². The second kappa shape index (κ2) is 6.06. The van der Waals surface area contributed by atoms with Gasteiger partial charge in [0.1, 0.15) is 6.10 Å². The van der Waals surface area contributed by atoms with E-state index in [1.807, 2.05) is 0 Å². The summed E-state index contributed by atoms with van der Waals surface area (Å²) in [5, 5.41) is 20.1. The van der Waals surface area contributed by atoms with E-state index in [4.69, 9.17) is 4.74 Å². The molecule has 0 radical (unpaired) electrons. The number of likely N-dealkylation sites (tertiary alicyclic amines) is 1. The molecule has 0 bridgehead atoms. The smallest absolute Gasteiger partial charge is 0.256 e. The quantitative estimate of drug-likeness (QED) is 0.812. The van der Waals surface area contributed by atoms with Crippen LogP contribution in [0.4, 0.5) is 8.78 Å². The molecule has 2 heterocycles. The molecular formula is C17H21F2NO4. The molecule has 7 heteroatoms. The van der Waals surface area contributed by atoms with E-state index in [0.29, 0.717) is 25.9 Å². The maximum absolute atomic E-state index is 13.8. The number of halogens is 2. The Bertz CT molecular complexity index is 641. The van der Waals surface area contributed by atoms with Gasteiger partial charge in [-0.15, -0.1) is 0 Å². The molecule has 132 valence electrons. The van der Waals surface area contributed by atoms with Crippen LogP contribution in [0.1, 0.15) is 36.5 Å². The fraction of sp³-hybridized carbons (Fsp3) is 0.588. The summed E-state index contributed by atoms with van der Waals surface area (Å²) in [5.41, 5.74) is -2.11. The molecule has 2 aliphatic rings. The highest BCUT2D eigenvalue weighted by molar-refractivity contribution is 5.94. The van der Waals surface area contributed by atoms with Crippen molar-refractivity contribution in [3.8, 4) is 0 Å². The van der Waals surface area contributed by atoms with Gasteiger partial charge in [0.2, 0.25) is 0 Å². The van der Waals surface area contributed by atoms with Crippen LogP contribution in [0.15, 0.2) is 18.2 Å². The molecule has 1 aromatic carbocycles. The molecule has 0 saturated carbocycles. The lowest BCUT2D eigenvalue weighted by Gasteiger charge is -2.49. The van der Waals surface area contributed by atoms with Gasteiger partial charge in [-0.2, -0.15) is 0 Å². The van der Waals surface area contributed by atoms with Crippen LogP contribution in [0.3, 0.4) is 0 Å². The van der Waals surface area contributed by atoms with E-state index >= 15 is 0 Å². The van der Waals surface area contributed by atoms with Crippen molar-refractivity contribution in [2.75, 3.05) is 19.7 Å². The molecule has 0 aliphatic carbocycles. The van der Waals surface area contributed by atoms with Crippen LogP contribution in [0.25, 0.3) is 0 Å². The Morgan fingerprint density at radius 3 is 2.62 bits per heavy atom. The summed E-state index contributed by atoms with van der Waals surface area (Å²) >= 11 is 0. The fourth-order valence-electron chi connectivity index (χ4n) is 3.53. The highest BCUT2D eigenvalue weighted by Gasteiger charge is 2.49. The maximum Gasteiger partial charge on any atom is 0.256 e. The number of nitrogens with zero attached hydrogens (tertiary/aromatic N) is 1. The average molecular weight is 341 g/mol. The number of carbonyl (C=O) groups is 1. The van der Waals surface area contributed by atoms with Gasteiger partial charge >= 0.3 is 0 Å². The normalized spacial score (nSPS) is 29.7.